The van der Waals surface area contributed by atoms with Crippen LogP contribution < -0.4 is 5.73 Å². The zero-order valence-electron chi connectivity index (χ0n) is 9.99. The molecule has 0 spiro atoms. The van der Waals surface area contributed by atoms with E-state index in [0.29, 0.717) is 6.42 Å². The number of hydrogen-bond acceptors (Lipinski definition) is 1. The summed E-state index contributed by atoms with van der Waals surface area (Å²) in [5.41, 5.74) is 5.29. The van der Waals surface area contributed by atoms with Crippen molar-refractivity contribution < 1.29 is 8.78 Å². The Kier molecular flexibility index (Phi) is 2.95. The Hall–Kier alpha value is -0.670. The number of halogens is 3. The normalized spacial score (nSPS) is 27.4. The smallest absolute Gasteiger partial charge is 0.165 e. The Labute approximate surface area is 105 Å². The highest BCUT2D eigenvalue weighted by Crippen LogP contribution is 2.52. The molecule has 0 aromatic heterocycles. The zero-order valence-corrected chi connectivity index (χ0v) is 10.7. The van der Waals surface area contributed by atoms with E-state index >= 15 is 0 Å². The van der Waals surface area contributed by atoms with Gasteiger partial charge in [0, 0.05) is 10.6 Å². The van der Waals surface area contributed by atoms with Crippen molar-refractivity contribution in [3.8, 4) is 0 Å². The summed E-state index contributed by atoms with van der Waals surface area (Å²) in [5, 5.41) is 0.210. The van der Waals surface area contributed by atoms with Crippen molar-refractivity contribution in [1.29, 1.82) is 0 Å². The molecule has 0 aliphatic heterocycles. The van der Waals surface area contributed by atoms with Crippen molar-refractivity contribution in [2.75, 3.05) is 0 Å². The standard InChI is InChI=1S/C13H16ClF2N/c1-12(2)6-3-7-13(12,17)10-8(14)4-5-9(15)11(10)16/h4-5H,3,6-7,17H2,1-2H3. The lowest BCUT2D eigenvalue weighted by Crippen LogP contribution is -2.46. The predicted octanol–water partition coefficient (Wildman–Crippen LogP) is 3.98. The Bertz CT molecular complexity index is 459. The second-order valence-electron chi connectivity index (χ2n) is 5.43. The fraction of sp³-hybridized carbons (Fsp3) is 0.538. The summed E-state index contributed by atoms with van der Waals surface area (Å²) < 4.78 is 27.3. The minimum Gasteiger partial charge on any atom is -0.321 e. The maximum Gasteiger partial charge on any atom is 0.165 e. The molecule has 0 radical (unpaired) electrons. The first-order chi connectivity index (χ1) is 7.79. The summed E-state index contributed by atoms with van der Waals surface area (Å²) >= 11 is 6.01. The first kappa shape index (κ1) is 12.8. The fourth-order valence-corrected chi connectivity index (χ4v) is 3.08. The third kappa shape index (κ3) is 1.76. The van der Waals surface area contributed by atoms with Gasteiger partial charge in [0.15, 0.2) is 11.6 Å². The molecular weight excluding hydrogens is 244 g/mol. The summed E-state index contributed by atoms with van der Waals surface area (Å²) in [6.45, 7) is 3.95. The number of benzene rings is 1. The molecule has 94 valence electrons. The maximum absolute atomic E-state index is 14.0. The van der Waals surface area contributed by atoms with Crippen molar-refractivity contribution in [3.05, 3.63) is 34.4 Å². The van der Waals surface area contributed by atoms with Gasteiger partial charge in [0.05, 0.1) is 5.54 Å². The molecule has 1 saturated carbocycles. The molecule has 0 heterocycles. The van der Waals surface area contributed by atoms with Gasteiger partial charge in [0.25, 0.3) is 0 Å². The highest BCUT2D eigenvalue weighted by Gasteiger charge is 2.49. The van der Waals surface area contributed by atoms with Gasteiger partial charge in [-0.1, -0.05) is 31.9 Å². The minimum atomic E-state index is -0.907. The van der Waals surface area contributed by atoms with Crippen LogP contribution in [0.5, 0.6) is 0 Å². The summed E-state index contributed by atoms with van der Waals surface area (Å²) in [7, 11) is 0. The first-order valence-electron chi connectivity index (χ1n) is 5.72. The summed E-state index contributed by atoms with van der Waals surface area (Å²) in [6.07, 6.45) is 2.41. The van der Waals surface area contributed by atoms with Crippen LogP contribution in [-0.2, 0) is 5.54 Å². The van der Waals surface area contributed by atoms with Gasteiger partial charge in [0.2, 0.25) is 0 Å². The average Bonchev–Trinajstić information content (AvgIpc) is 2.49. The average molecular weight is 260 g/mol. The number of hydrogen-bond donors (Lipinski definition) is 1. The molecule has 1 nitrogen and oxygen atoms in total. The van der Waals surface area contributed by atoms with Crippen LogP contribution in [0.15, 0.2) is 12.1 Å². The van der Waals surface area contributed by atoms with E-state index in [2.05, 4.69) is 0 Å². The molecule has 0 amide bonds. The first-order valence-corrected chi connectivity index (χ1v) is 6.10. The SMILES string of the molecule is CC1(C)CCCC1(N)c1c(Cl)ccc(F)c1F. The highest BCUT2D eigenvalue weighted by molar-refractivity contribution is 6.31. The fourth-order valence-electron chi connectivity index (χ4n) is 2.77. The van der Waals surface area contributed by atoms with Gasteiger partial charge in [-0.25, -0.2) is 8.78 Å². The Morgan fingerprint density at radius 2 is 1.88 bits per heavy atom. The summed E-state index contributed by atoms with van der Waals surface area (Å²) in [6, 6.07) is 2.41. The monoisotopic (exact) mass is 259 g/mol. The Morgan fingerprint density at radius 1 is 1.24 bits per heavy atom. The predicted molar refractivity (Wildman–Crippen MR) is 64.9 cm³/mol. The van der Waals surface area contributed by atoms with Crippen LogP contribution in [-0.4, -0.2) is 0 Å². The molecule has 0 bridgehead atoms. The Morgan fingerprint density at radius 3 is 2.41 bits per heavy atom. The minimum absolute atomic E-state index is 0.127. The van der Waals surface area contributed by atoms with Crippen molar-refractivity contribution in [3.63, 3.8) is 0 Å². The molecule has 1 aromatic rings. The van der Waals surface area contributed by atoms with Crippen LogP contribution in [0.25, 0.3) is 0 Å². The Balaban J connectivity index is 2.65. The van der Waals surface area contributed by atoms with Crippen LogP contribution in [0.2, 0.25) is 5.02 Å². The van der Waals surface area contributed by atoms with Crippen molar-refractivity contribution in [1.82, 2.24) is 0 Å². The van der Waals surface area contributed by atoms with Gasteiger partial charge in [-0.15, -0.1) is 0 Å². The molecule has 2 rings (SSSR count). The van der Waals surface area contributed by atoms with E-state index < -0.39 is 17.2 Å². The molecule has 17 heavy (non-hydrogen) atoms. The van der Waals surface area contributed by atoms with E-state index in [4.69, 9.17) is 17.3 Å². The third-order valence-corrected chi connectivity index (χ3v) is 4.39. The van der Waals surface area contributed by atoms with E-state index in [-0.39, 0.29) is 16.0 Å². The van der Waals surface area contributed by atoms with Crippen molar-refractivity contribution in [2.45, 2.75) is 38.6 Å². The lowest BCUT2D eigenvalue weighted by molar-refractivity contribution is 0.202. The van der Waals surface area contributed by atoms with Gasteiger partial charge in [-0.2, -0.15) is 0 Å². The van der Waals surface area contributed by atoms with Crippen LogP contribution in [0, 0.1) is 17.0 Å². The molecular formula is C13H16ClF2N. The molecule has 1 unspecified atom stereocenters. The van der Waals surface area contributed by atoms with Crippen LogP contribution >= 0.6 is 11.6 Å². The second-order valence-corrected chi connectivity index (χ2v) is 5.83. The molecule has 0 saturated heterocycles. The van der Waals surface area contributed by atoms with Gasteiger partial charge < -0.3 is 5.73 Å². The van der Waals surface area contributed by atoms with E-state index in [1.165, 1.54) is 6.07 Å². The zero-order chi connectivity index (χ0) is 12.8. The highest BCUT2D eigenvalue weighted by atomic mass is 35.5. The van der Waals surface area contributed by atoms with Crippen LogP contribution in [0.1, 0.15) is 38.7 Å². The van der Waals surface area contributed by atoms with Crippen molar-refractivity contribution >= 4 is 11.6 Å². The molecule has 1 aromatic carbocycles. The molecule has 2 N–H and O–H groups in total. The quantitative estimate of drug-likeness (QED) is 0.759. The van der Waals surface area contributed by atoms with Gasteiger partial charge in [-0.05, 0) is 30.4 Å². The second kappa shape index (κ2) is 3.92. The van der Waals surface area contributed by atoms with Gasteiger partial charge in [-0.3, -0.25) is 0 Å². The summed E-state index contributed by atoms with van der Waals surface area (Å²) in [5.74, 6) is -1.80. The van der Waals surface area contributed by atoms with E-state index in [1.54, 1.807) is 0 Å². The number of rotatable bonds is 1. The van der Waals surface area contributed by atoms with Crippen LogP contribution in [0.3, 0.4) is 0 Å². The lowest BCUT2D eigenvalue weighted by Gasteiger charge is -2.39. The molecule has 4 heteroatoms. The molecule has 1 fully saturated rings. The molecule has 1 atom stereocenters. The molecule has 1 aliphatic rings. The van der Waals surface area contributed by atoms with Crippen molar-refractivity contribution in [2.24, 2.45) is 11.1 Å². The third-order valence-electron chi connectivity index (χ3n) is 4.07. The van der Waals surface area contributed by atoms with Crippen LogP contribution in [0.4, 0.5) is 8.78 Å². The number of nitrogens with two attached hydrogens (primary N) is 1. The summed E-state index contributed by atoms with van der Waals surface area (Å²) in [4.78, 5) is 0. The van der Waals surface area contributed by atoms with E-state index in [0.717, 1.165) is 18.9 Å². The largest absolute Gasteiger partial charge is 0.321 e. The van der Waals surface area contributed by atoms with E-state index in [9.17, 15) is 8.78 Å². The van der Waals surface area contributed by atoms with Gasteiger partial charge >= 0.3 is 0 Å². The topological polar surface area (TPSA) is 26.0 Å². The van der Waals surface area contributed by atoms with Gasteiger partial charge in [0.1, 0.15) is 0 Å². The lowest BCUT2D eigenvalue weighted by atomic mass is 9.71. The van der Waals surface area contributed by atoms with E-state index in [1.807, 2.05) is 13.8 Å². The molecule has 1 aliphatic carbocycles. The maximum atomic E-state index is 14.0.